The minimum absolute atomic E-state index is 0.215. The Morgan fingerprint density at radius 2 is 1.80 bits per heavy atom. The molecule has 0 saturated carbocycles. The van der Waals surface area contributed by atoms with Crippen molar-refractivity contribution in [2.45, 2.75) is 0 Å². The molecule has 0 unspecified atom stereocenters. The molecule has 3 N–H and O–H groups in total. The molecule has 102 valence electrons. The first-order chi connectivity index (χ1) is 9.56. The lowest BCUT2D eigenvalue weighted by atomic mass is 10.2. The predicted octanol–water partition coefficient (Wildman–Crippen LogP) is 2.52. The Morgan fingerprint density at radius 1 is 1.10 bits per heavy atom. The summed E-state index contributed by atoms with van der Waals surface area (Å²) in [5.41, 5.74) is 3.31. The predicted molar refractivity (Wildman–Crippen MR) is 76.3 cm³/mol. The average Bonchev–Trinajstić information content (AvgIpc) is 2.43. The van der Waals surface area contributed by atoms with Crippen LogP contribution in [0.2, 0.25) is 5.02 Å². The van der Waals surface area contributed by atoms with Gasteiger partial charge in [0.2, 0.25) is 0 Å². The summed E-state index contributed by atoms with van der Waals surface area (Å²) >= 11 is 5.72. The van der Waals surface area contributed by atoms with E-state index in [0.717, 1.165) is 0 Å². The number of halogens is 1. The number of amides is 1. The lowest BCUT2D eigenvalue weighted by Gasteiger charge is -2.00. The van der Waals surface area contributed by atoms with Crippen molar-refractivity contribution in [2.75, 3.05) is 0 Å². The smallest absolute Gasteiger partial charge is 0.271 e. The van der Waals surface area contributed by atoms with Crippen LogP contribution in [0.15, 0.2) is 47.6 Å². The molecule has 0 aromatic heterocycles. The molecular weight excluding hydrogens is 280 g/mol. The summed E-state index contributed by atoms with van der Waals surface area (Å²) in [6.07, 6.45) is 1.35. The number of phenolic OH excluding ortho intramolecular Hbond substituents is 2. The molecule has 0 spiro atoms. The molecule has 2 aromatic carbocycles. The van der Waals surface area contributed by atoms with Crippen molar-refractivity contribution < 1.29 is 15.0 Å². The SMILES string of the molecule is O=C(N/N=C/c1ccc(O)c(O)c1)c1ccc(Cl)cc1. The maximum atomic E-state index is 11.7. The topological polar surface area (TPSA) is 81.9 Å². The monoisotopic (exact) mass is 290 g/mol. The first kappa shape index (κ1) is 13.9. The molecule has 0 saturated heterocycles. The summed E-state index contributed by atoms with van der Waals surface area (Å²) in [7, 11) is 0. The molecule has 20 heavy (non-hydrogen) atoms. The van der Waals surface area contributed by atoms with E-state index in [1.54, 1.807) is 30.3 Å². The molecule has 6 heteroatoms. The van der Waals surface area contributed by atoms with Crippen molar-refractivity contribution in [1.29, 1.82) is 0 Å². The van der Waals surface area contributed by atoms with E-state index < -0.39 is 0 Å². The van der Waals surface area contributed by atoms with E-state index in [2.05, 4.69) is 10.5 Å². The van der Waals surface area contributed by atoms with Crippen LogP contribution >= 0.6 is 11.6 Å². The third kappa shape index (κ3) is 3.49. The Hall–Kier alpha value is -2.53. The van der Waals surface area contributed by atoms with Crippen LogP contribution in [0.4, 0.5) is 0 Å². The van der Waals surface area contributed by atoms with Crippen molar-refractivity contribution in [3.8, 4) is 11.5 Å². The Kier molecular flexibility index (Phi) is 4.22. The molecule has 0 fully saturated rings. The summed E-state index contributed by atoms with van der Waals surface area (Å²) in [5, 5.41) is 22.8. The Balaban J connectivity index is 2.00. The van der Waals surface area contributed by atoms with E-state index >= 15 is 0 Å². The van der Waals surface area contributed by atoms with E-state index in [0.29, 0.717) is 16.1 Å². The number of nitrogens with one attached hydrogen (secondary N) is 1. The van der Waals surface area contributed by atoms with Crippen LogP contribution in [0, 0.1) is 0 Å². The van der Waals surface area contributed by atoms with Gasteiger partial charge in [0.1, 0.15) is 0 Å². The number of carbonyl (C=O) groups is 1. The van der Waals surface area contributed by atoms with Gasteiger partial charge in [-0.15, -0.1) is 0 Å². The minimum Gasteiger partial charge on any atom is -0.504 e. The van der Waals surface area contributed by atoms with E-state index in [4.69, 9.17) is 16.7 Å². The van der Waals surface area contributed by atoms with Gasteiger partial charge >= 0.3 is 0 Å². The minimum atomic E-state index is -0.374. The van der Waals surface area contributed by atoms with Gasteiger partial charge in [-0.2, -0.15) is 5.10 Å². The van der Waals surface area contributed by atoms with Crippen molar-refractivity contribution in [1.82, 2.24) is 5.43 Å². The van der Waals surface area contributed by atoms with Crippen LogP contribution in [-0.2, 0) is 0 Å². The summed E-state index contributed by atoms with van der Waals surface area (Å²) in [5.74, 6) is -0.841. The molecule has 0 radical (unpaired) electrons. The number of hydrogen-bond donors (Lipinski definition) is 3. The van der Waals surface area contributed by atoms with E-state index in [1.807, 2.05) is 0 Å². The van der Waals surface area contributed by atoms with E-state index in [1.165, 1.54) is 18.3 Å². The number of aromatic hydroxyl groups is 2. The molecule has 0 bridgehead atoms. The van der Waals surface area contributed by atoms with Gasteiger partial charge in [-0.05, 0) is 48.0 Å². The molecule has 0 aliphatic carbocycles. The fourth-order valence-electron chi connectivity index (χ4n) is 1.45. The second-order valence-corrected chi connectivity index (χ2v) is 4.39. The van der Waals surface area contributed by atoms with Gasteiger partial charge in [-0.1, -0.05) is 11.6 Å². The highest BCUT2D eigenvalue weighted by atomic mass is 35.5. The normalized spacial score (nSPS) is 10.7. The molecular formula is C14H11ClN2O3. The molecule has 0 atom stereocenters. The van der Waals surface area contributed by atoms with Gasteiger partial charge in [0, 0.05) is 10.6 Å². The summed E-state index contributed by atoms with van der Waals surface area (Å²) in [6.45, 7) is 0. The standard InChI is InChI=1S/C14H11ClN2O3/c15-11-4-2-10(3-5-11)14(20)17-16-8-9-1-6-12(18)13(19)7-9/h1-8,18-19H,(H,17,20)/b16-8+. The number of rotatable bonds is 3. The second kappa shape index (κ2) is 6.08. The number of hydrogen-bond acceptors (Lipinski definition) is 4. The number of phenols is 2. The highest BCUT2D eigenvalue weighted by Crippen LogP contribution is 2.23. The number of benzene rings is 2. The zero-order valence-corrected chi connectivity index (χ0v) is 11.0. The highest BCUT2D eigenvalue weighted by molar-refractivity contribution is 6.30. The fourth-order valence-corrected chi connectivity index (χ4v) is 1.58. The molecule has 5 nitrogen and oxygen atoms in total. The maximum absolute atomic E-state index is 11.7. The molecule has 2 rings (SSSR count). The summed E-state index contributed by atoms with van der Waals surface area (Å²) in [6, 6.07) is 10.6. The van der Waals surface area contributed by atoms with Crippen LogP contribution in [0.3, 0.4) is 0 Å². The van der Waals surface area contributed by atoms with Crippen molar-refractivity contribution >= 4 is 23.7 Å². The number of carbonyl (C=O) groups excluding carboxylic acids is 1. The van der Waals surface area contributed by atoms with Gasteiger partial charge in [-0.3, -0.25) is 4.79 Å². The van der Waals surface area contributed by atoms with Gasteiger partial charge in [-0.25, -0.2) is 5.43 Å². The van der Waals surface area contributed by atoms with Crippen LogP contribution < -0.4 is 5.43 Å². The van der Waals surface area contributed by atoms with Gasteiger partial charge in [0.05, 0.1) is 6.21 Å². The largest absolute Gasteiger partial charge is 0.504 e. The molecule has 0 aliphatic heterocycles. The lowest BCUT2D eigenvalue weighted by molar-refractivity contribution is 0.0955. The Morgan fingerprint density at radius 3 is 2.45 bits per heavy atom. The van der Waals surface area contributed by atoms with E-state index in [-0.39, 0.29) is 17.4 Å². The third-order valence-electron chi connectivity index (χ3n) is 2.49. The third-order valence-corrected chi connectivity index (χ3v) is 2.74. The summed E-state index contributed by atoms with van der Waals surface area (Å²) in [4.78, 5) is 11.7. The number of nitrogens with zero attached hydrogens (tertiary/aromatic N) is 1. The molecule has 0 heterocycles. The van der Waals surface area contributed by atoms with Crippen molar-refractivity contribution in [2.24, 2.45) is 5.10 Å². The first-order valence-electron chi connectivity index (χ1n) is 5.67. The van der Waals surface area contributed by atoms with Crippen molar-refractivity contribution in [3.63, 3.8) is 0 Å². The average molecular weight is 291 g/mol. The maximum Gasteiger partial charge on any atom is 0.271 e. The van der Waals surface area contributed by atoms with Crippen molar-refractivity contribution in [3.05, 3.63) is 58.6 Å². The van der Waals surface area contributed by atoms with Gasteiger partial charge in [0.15, 0.2) is 11.5 Å². The zero-order valence-electron chi connectivity index (χ0n) is 10.2. The Bertz CT molecular complexity index is 654. The van der Waals surface area contributed by atoms with Gasteiger partial charge in [0.25, 0.3) is 5.91 Å². The molecule has 1 amide bonds. The zero-order chi connectivity index (χ0) is 14.5. The lowest BCUT2D eigenvalue weighted by Crippen LogP contribution is -2.17. The Labute approximate surface area is 120 Å². The van der Waals surface area contributed by atoms with Crippen LogP contribution in [0.5, 0.6) is 11.5 Å². The highest BCUT2D eigenvalue weighted by Gasteiger charge is 2.03. The van der Waals surface area contributed by atoms with E-state index in [9.17, 15) is 9.90 Å². The quantitative estimate of drug-likeness (QED) is 0.461. The van der Waals surface area contributed by atoms with Crippen LogP contribution in [-0.4, -0.2) is 22.3 Å². The molecule has 0 aliphatic rings. The number of hydrazone groups is 1. The second-order valence-electron chi connectivity index (χ2n) is 3.95. The summed E-state index contributed by atoms with van der Waals surface area (Å²) < 4.78 is 0. The van der Waals surface area contributed by atoms with Crippen LogP contribution in [0.25, 0.3) is 0 Å². The molecule has 2 aromatic rings. The first-order valence-corrected chi connectivity index (χ1v) is 6.05. The van der Waals surface area contributed by atoms with Crippen LogP contribution in [0.1, 0.15) is 15.9 Å². The fraction of sp³-hybridized carbons (Fsp3) is 0. The van der Waals surface area contributed by atoms with Gasteiger partial charge < -0.3 is 10.2 Å².